The average Bonchev–Trinajstić information content (AvgIpc) is 2.65. The highest BCUT2D eigenvalue weighted by Crippen LogP contribution is 2.42. The molecule has 64 valence electrons. The second kappa shape index (κ2) is 2.26. The lowest BCUT2D eigenvalue weighted by Crippen LogP contribution is -2.37. The third-order valence-corrected chi connectivity index (χ3v) is 2.56. The summed E-state index contributed by atoms with van der Waals surface area (Å²) in [6.07, 6.45) is 1.61. The molecule has 0 amide bonds. The molecule has 3 nitrogen and oxygen atoms in total. The van der Waals surface area contributed by atoms with E-state index in [0.717, 1.165) is 5.57 Å². The maximum absolute atomic E-state index is 11.4. The average molecular weight is 166 g/mol. The number of carbonyl (C=O) groups is 2. The third-order valence-electron chi connectivity index (χ3n) is 2.56. The summed E-state index contributed by atoms with van der Waals surface area (Å²) in [5.74, 6) is -0.997. The number of hydrogen-bond acceptors (Lipinski definition) is 3. The fourth-order valence-electron chi connectivity index (χ4n) is 1.83. The van der Waals surface area contributed by atoms with Crippen molar-refractivity contribution in [1.29, 1.82) is 0 Å². The minimum atomic E-state index is -0.782. The molecule has 0 saturated heterocycles. The van der Waals surface area contributed by atoms with Gasteiger partial charge in [0.05, 0.1) is 6.10 Å². The van der Waals surface area contributed by atoms with Gasteiger partial charge < -0.3 is 5.11 Å². The maximum atomic E-state index is 11.4. The van der Waals surface area contributed by atoms with E-state index < -0.39 is 12.0 Å². The summed E-state index contributed by atoms with van der Waals surface area (Å²) < 4.78 is 0. The molecule has 1 N–H and O–H groups in total. The van der Waals surface area contributed by atoms with E-state index in [1.54, 1.807) is 0 Å². The van der Waals surface area contributed by atoms with Crippen molar-refractivity contribution in [3.8, 4) is 0 Å². The molecular weight excluding hydrogens is 156 g/mol. The Hall–Kier alpha value is -0.960. The monoisotopic (exact) mass is 166 g/mol. The van der Waals surface area contributed by atoms with Gasteiger partial charge in [-0.25, -0.2) is 0 Å². The molecule has 2 aliphatic rings. The zero-order valence-corrected chi connectivity index (χ0v) is 6.78. The van der Waals surface area contributed by atoms with Crippen LogP contribution in [0, 0.1) is 11.8 Å². The van der Waals surface area contributed by atoms with Crippen LogP contribution in [0.1, 0.15) is 13.3 Å². The van der Waals surface area contributed by atoms with Gasteiger partial charge in [0.25, 0.3) is 0 Å². The quantitative estimate of drug-likeness (QED) is 0.561. The van der Waals surface area contributed by atoms with Gasteiger partial charge in [-0.15, -0.1) is 0 Å². The number of hydrogen-bond donors (Lipinski definition) is 1. The van der Waals surface area contributed by atoms with Crippen LogP contribution >= 0.6 is 0 Å². The first-order valence-electron chi connectivity index (χ1n) is 4.05. The van der Waals surface area contributed by atoms with Gasteiger partial charge in [-0.1, -0.05) is 6.08 Å². The fraction of sp³-hybridized carbons (Fsp3) is 0.556. The van der Waals surface area contributed by atoms with Crippen molar-refractivity contribution in [3.63, 3.8) is 0 Å². The Morgan fingerprint density at radius 3 is 2.92 bits per heavy atom. The number of allylic oxidation sites excluding steroid dienone is 2. The lowest BCUT2D eigenvalue weighted by atomic mass is 9.83. The maximum Gasteiger partial charge on any atom is 0.172 e. The Morgan fingerprint density at radius 1 is 1.67 bits per heavy atom. The summed E-state index contributed by atoms with van der Waals surface area (Å²) in [7, 11) is 0. The van der Waals surface area contributed by atoms with Crippen LogP contribution in [0.5, 0.6) is 0 Å². The minimum absolute atomic E-state index is 0.161. The SMILES string of the molecule is CC(=O)C1C(=O)C2=CC2CC1O. The molecular formula is C9H10O3. The standard InChI is InChI=1S/C9H10O3/c1-4(10)8-7(11)3-5-2-6(5)9(8)12/h2,5,7-8,11H,3H2,1H3. The molecule has 0 aromatic carbocycles. The molecule has 2 rings (SSSR count). The molecule has 0 bridgehead atoms. The predicted molar refractivity (Wildman–Crippen MR) is 41.4 cm³/mol. The van der Waals surface area contributed by atoms with Crippen LogP contribution in [0.25, 0.3) is 0 Å². The second-order valence-corrected chi connectivity index (χ2v) is 3.48. The fourth-order valence-corrected chi connectivity index (χ4v) is 1.83. The lowest BCUT2D eigenvalue weighted by Gasteiger charge is -2.23. The molecule has 2 aliphatic carbocycles. The van der Waals surface area contributed by atoms with Gasteiger partial charge in [0.15, 0.2) is 5.78 Å². The molecule has 0 aliphatic heterocycles. The van der Waals surface area contributed by atoms with Gasteiger partial charge in [-0.2, -0.15) is 0 Å². The van der Waals surface area contributed by atoms with Gasteiger partial charge in [0.1, 0.15) is 11.7 Å². The predicted octanol–water partition coefficient (Wildman–Crippen LogP) is 0.0815. The molecule has 0 heterocycles. The van der Waals surface area contributed by atoms with Crippen molar-refractivity contribution in [2.45, 2.75) is 19.4 Å². The van der Waals surface area contributed by atoms with Gasteiger partial charge in [-0.05, 0) is 18.9 Å². The highest BCUT2D eigenvalue weighted by molar-refractivity contribution is 6.13. The second-order valence-electron chi connectivity index (χ2n) is 3.48. The van der Waals surface area contributed by atoms with Crippen LogP contribution in [-0.4, -0.2) is 22.8 Å². The van der Waals surface area contributed by atoms with E-state index in [1.807, 2.05) is 6.08 Å². The molecule has 0 aromatic heterocycles. The number of rotatable bonds is 1. The smallest absolute Gasteiger partial charge is 0.172 e. The number of aliphatic hydroxyl groups excluding tert-OH is 1. The molecule has 0 radical (unpaired) electrons. The number of fused-ring (bicyclic) bond motifs is 1. The highest BCUT2D eigenvalue weighted by Gasteiger charge is 2.46. The largest absolute Gasteiger partial charge is 0.392 e. The Morgan fingerprint density at radius 2 is 2.33 bits per heavy atom. The first-order valence-corrected chi connectivity index (χ1v) is 4.05. The van der Waals surface area contributed by atoms with Gasteiger partial charge >= 0.3 is 0 Å². The summed E-state index contributed by atoms with van der Waals surface area (Å²) in [6.45, 7) is 1.36. The third kappa shape index (κ3) is 0.932. The molecule has 3 unspecified atom stereocenters. The van der Waals surface area contributed by atoms with Crippen LogP contribution in [0.15, 0.2) is 11.6 Å². The van der Waals surface area contributed by atoms with E-state index in [4.69, 9.17) is 0 Å². The first kappa shape index (κ1) is 7.68. The first-order chi connectivity index (χ1) is 5.61. The molecule has 0 spiro atoms. The number of Topliss-reactive ketones (excluding diaryl/α,β-unsaturated/α-hetero) is 2. The Labute approximate surface area is 70.1 Å². The van der Waals surface area contributed by atoms with E-state index in [0.29, 0.717) is 6.42 Å². The van der Waals surface area contributed by atoms with E-state index >= 15 is 0 Å². The van der Waals surface area contributed by atoms with Crippen molar-refractivity contribution >= 4 is 11.6 Å². The number of carbonyl (C=O) groups excluding carboxylic acids is 2. The van der Waals surface area contributed by atoms with E-state index in [9.17, 15) is 14.7 Å². The summed E-state index contributed by atoms with van der Waals surface area (Å²) >= 11 is 0. The highest BCUT2D eigenvalue weighted by atomic mass is 16.3. The van der Waals surface area contributed by atoms with E-state index in [2.05, 4.69) is 0 Å². The van der Waals surface area contributed by atoms with Crippen molar-refractivity contribution in [2.75, 3.05) is 0 Å². The topological polar surface area (TPSA) is 54.4 Å². The molecule has 1 saturated carbocycles. The van der Waals surface area contributed by atoms with Crippen molar-refractivity contribution in [3.05, 3.63) is 11.6 Å². The molecule has 12 heavy (non-hydrogen) atoms. The zero-order chi connectivity index (χ0) is 8.88. The summed E-state index contributed by atoms with van der Waals surface area (Å²) in [6, 6.07) is 0. The molecule has 1 fully saturated rings. The summed E-state index contributed by atoms with van der Waals surface area (Å²) in [4.78, 5) is 22.3. The van der Waals surface area contributed by atoms with E-state index in [1.165, 1.54) is 6.92 Å². The normalized spacial score (nSPS) is 38.7. The van der Waals surface area contributed by atoms with Gasteiger partial charge in [-0.3, -0.25) is 9.59 Å². The summed E-state index contributed by atoms with van der Waals surface area (Å²) in [5, 5.41) is 9.43. The number of aliphatic hydroxyl groups is 1. The van der Waals surface area contributed by atoms with Crippen molar-refractivity contribution < 1.29 is 14.7 Å². The van der Waals surface area contributed by atoms with Crippen molar-refractivity contribution in [1.82, 2.24) is 0 Å². The van der Waals surface area contributed by atoms with Crippen LogP contribution < -0.4 is 0 Å². The summed E-state index contributed by atoms with van der Waals surface area (Å²) in [5.41, 5.74) is 0.750. The van der Waals surface area contributed by atoms with Crippen LogP contribution in [-0.2, 0) is 9.59 Å². The number of ketones is 2. The van der Waals surface area contributed by atoms with Crippen LogP contribution in [0.2, 0.25) is 0 Å². The molecule has 3 atom stereocenters. The van der Waals surface area contributed by atoms with Crippen LogP contribution in [0.3, 0.4) is 0 Å². The molecule has 3 heteroatoms. The Balaban J connectivity index is 2.23. The lowest BCUT2D eigenvalue weighted by molar-refractivity contribution is -0.135. The molecule has 0 aromatic rings. The van der Waals surface area contributed by atoms with Crippen molar-refractivity contribution in [2.24, 2.45) is 11.8 Å². The Kier molecular flexibility index (Phi) is 1.45. The van der Waals surface area contributed by atoms with Gasteiger partial charge in [0, 0.05) is 5.92 Å². The van der Waals surface area contributed by atoms with Crippen LogP contribution in [0.4, 0.5) is 0 Å². The van der Waals surface area contributed by atoms with E-state index in [-0.39, 0.29) is 17.5 Å². The zero-order valence-electron chi connectivity index (χ0n) is 6.78. The minimum Gasteiger partial charge on any atom is -0.392 e. The Bertz CT molecular complexity index is 290. The van der Waals surface area contributed by atoms with Gasteiger partial charge in [0.2, 0.25) is 0 Å².